The van der Waals surface area contributed by atoms with E-state index >= 15 is 0 Å². The van der Waals surface area contributed by atoms with Crippen molar-refractivity contribution in [2.75, 3.05) is 13.2 Å². The first kappa shape index (κ1) is 21.3. The van der Waals surface area contributed by atoms with Gasteiger partial charge in [-0.25, -0.2) is 4.98 Å². The monoisotopic (exact) mass is 417 g/mol. The number of thiazole rings is 1. The molecule has 0 atom stereocenters. The Bertz CT molecular complexity index is 1030. The Balaban J connectivity index is 1.67. The Kier molecular flexibility index (Phi) is 7.36. The molecule has 0 aliphatic heterocycles. The molecule has 5 nitrogen and oxygen atoms in total. The van der Waals surface area contributed by atoms with Crippen LogP contribution in [0.3, 0.4) is 0 Å². The molecule has 2 aromatic carbocycles. The summed E-state index contributed by atoms with van der Waals surface area (Å²) in [6.45, 7) is 7.26. The van der Waals surface area contributed by atoms with Crippen LogP contribution in [0, 0.1) is 11.3 Å². The van der Waals surface area contributed by atoms with Gasteiger partial charge in [0.15, 0.2) is 0 Å². The van der Waals surface area contributed by atoms with Crippen LogP contribution in [-0.4, -0.2) is 28.9 Å². The van der Waals surface area contributed by atoms with E-state index in [1.807, 2.05) is 48.7 Å². The maximum Gasteiger partial charge on any atom is 0.229 e. The average molecular weight is 418 g/mol. The van der Waals surface area contributed by atoms with Crippen molar-refractivity contribution in [1.82, 2.24) is 9.88 Å². The molecule has 152 valence electrons. The molecular formula is C24H23N3O2S. The number of hydrogen-bond acceptors (Lipinski definition) is 5. The summed E-state index contributed by atoms with van der Waals surface area (Å²) in [6, 6.07) is 17.2. The van der Waals surface area contributed by atoms with Crippen molar-refractivity contribution in [1.29, 1.82) is 5.26 Å². The summed E-state index contributed by atoms with van der Waals surface area (Å²) in [6.07, 6.45) is 1.95. The van der Waals surface area contributed by atoms with Crippen molar-refractivity contribution in [3.8, 4) is 22.4 Å². The zero-order valence-electron chi connectivity index (χ0n) is 16.9. The number of rotatable bonds is 9. The van der Waals surface area contributed by atoms with Crippen molar-refractivity contribution in [2.24, 2.45) is 0 Å². The third kappa shape index (κ3) is 5.56. The van der Waals surface area contributed by atoms with Crippen LogP contribution in [0.5, 0.6) is 5.75 Å². The summed E-state index contributed by atoms with van der Waals surface area (Å²) in [7, 11) is 0. The van der Waals surface area contributed by atoms with Gasteiger partial charge in [0.2, 0.25) is 5.91 Å². The zero-order chi connectivity index (χ0) is 21.3. The highest BCUT2D eigenvalue weighted by atomic mass is 32.1. The number of hydrogen-bond donors (Lipinski definition) is 0. The molecule has 3 rings (SSSR count). The van der Waals surface area contributed by atoms with Gasteiger partial charge in [-0.05, 0) is 48.9 Å². The third-order valence-electron chi connectivity index (χ3n) is 4.46. The molecule has 0 unspecified atom stereocenters. The summed E-state index contributed by atoms with van der Waals surface area (Å²) >= 11 is 1.52. The average Bonchev–Trinajstić information content (AvgIpc) is 3.23. The molecule has 0 bridgehead atoms. The summed E-state index contributed by atoms with van der Waals surface area (Å²) in [5, 5.41) is 11.7. The predicted octanol–water partition coefficient (Wildman–Crippen LogP) is 4.84. The Morgan fingerprint density at radius 3 is 2.60 bits per heavy atom. The van der Waals surface area contributed by atoms with E-state index in [1.54, 1.807) is 23.1 Å². The lowest BCUT2D eigenvalue weighted by Gasteiger charge is -2.21. The molecule has 1 aromatic heterocycles. The van der Waals surface area contributed by atoms with E-state index in [-0.39, 0.29) is 12.3 Å². The third-order valence-corrected chi connectivity index (χ3v) is 5.40. The van der Waals surface area contributed by atoms with Crippen LogP contribution in [-0.2, 0) is 17.8 Å². The fraction of sp³-hybridized carbons (Fsp3) is 0.208. The van der Waals surface area contributed by atoms with Crippen LogP contribution in [0.15, 0.2) is 66.6 Å². The minimum atomic E-state index is -0.0113. The van der Waals surface area contributed by atoms with Gasteiger partial charge in [-0.2, -0.15) is 5.26 Å². The standard InChI is InChI=1S/C24H23N3O2S/c1-3-13-27(16-19-7-5-18(15-25)6-8-19)23(28)14-21-17-30-24(26-21)20-9-11-22(12-10-20)29-4-2/h3,5-12,17H,1,4,13-14,16H2,2H3. The molecule has 0 aliphatic carbocycles. The van der Waals surface area contributed by atoms with Gasteiger partial charge in [0.1, 0.15) is 10.8 Å². The summed E-state index contributed by atoms with van der Waals surface area (Å²) in [5.41, 5.74) is 3.33. The van der Waals surface area contributed by atoms with E-state index in [0.29, 0.717) is 25.3 Å². The van der Waals surface area contributed by atoms with Gasteiger partial charge in [-0.3, -0.25) is 4.79 Å². The Hall–Kier alpha value is -3.43. The van der Waals surface area contributed by atoms with Crippen molar-refractivity contribution in [3.05, 3.63) is 83.4 Å². The van der Waals surface area contributed by atoms with Gasteiger partial charge in [-0.15, -0.1) is 17.9 Å². The molecule has 0 saturated heterocycles. The second-order valence-corrected chi connectivity index (χ2v) is 7.51. The molecule has 0 aliphatic rings. The smallest absolute Gasteiger partial charge is 0.229 e. The van der Waals surface area contributed by atoms with Crippen molar-refractivity contribution in [3.63, 3.8) is 0 Å². The molecule has 0 radical (unpaired) electrons. The van der Waals surface area contributed by atoms with E-state index in [9.17, 15) is 4.79 Å². The number of benzene rings is 2. The second kappa shape index (κ2) is 10.4. The quantitative estimate of drug-likeness (QED) is 0.467. The Morgan fingerprint density at radius 1 is 1.23 bits per heavy atom. The number of nitriles is 1. The summed E-state index contributed by atoms with van der Waals surface area (Å²) in [4.78, 5) is 19.2. The molecule has 3 aromatic rings. The van der Waals surface area contributed by atoms with Crippen LogP contribution >= 0.6 is 11.3 Å². The number of aromatic nitrogens is 1. The zero-order valence-corrected chi connectivity index (χ0v) is 17.7. The fourth-order valence-electron chi connectivity index (χ4n) is 2.96. The number of carbonyl (C=O) groups is 1. The lowest BCUT2D eigenvalue weighted by Crippen LogP contribution is -2.32. The molecular weight excluding hydrogens is 394 g/mol. The number of carbonyl (C=O) groups excluding carboxylic acids is 1. The molecule has 0 N–H and O–H groups in total. The van der Waals surface area contributed by atoms with E-state index in [2.05, 4.69) is 17.6 Å². The number of ether oxygens (including phenoxy) is 1. The van der Waals surface area contributed by atoms with Crippen LogP contribution in [0.2, 0.25) is 0 Å². The van der Waals surface area contributed by atoms with Crippen molar-refractivity contribution < 1.29 is 9.53 Å². The van der Waals surface area contributed by atoms with Crippen molar-refractivity contribution in [2.45, 2.75) is 19.9 Å². The molecule has 0 saturated carbocycles. The molecule has 0 fully saturated rings. The first-order valence-corrected chi connectivity index (χ1v) is 10.6. The van der Waals surface area contributed by atoms with E-state index in [1.165, 1.54) is 11.3 Å². The molecule has 0 spiro atoms. The van der Waals surface area contributed by atoms with Gasteiger partial charge in [-0.1, -0.05) is 18.2 Å². The van der Waals surface area contributed by atoms with E-state index in [4.69, 9.17) is 10.00 Å². The highest BCUT2D eigenvalue weighted by Gasteiger charge is 2.16. The fourth-order valence-corrected chi connectivity index (χ4v) is 3.79. The topological polar surface area (TPSA) is 66.2 Å². The maximum absolute atomic E-state index is 12.9. The largest absolute Gasteiger partial charge is 0.494 e. The highest BCUT2D eigenvalue weighted by molar-refractivity contribution is 7.13. The lowest BCUT2D eigenvalue weighted by molar-refractivity contribution is -0.130. The van der Waals surface area contributed by atoms with Gasteiger partial charge >= 0.3 is 0 Å². The molecule has 30 heavy (non-hydrogen) atoms. The molecule has 6 heteroatoms. The lowest BCUT2D eigenvalue weighted by atomic mass is 10.1. The Morgan fingerprint density at radius 2 is 1.97 bits per heavy atom. The first-order valence-electron chi connectivity index (χ1n) is 9.68. The number of amides is 1. The predicted molar refractivity (Wildman–Crippen MR) is 119 cm³/mol. The van der Waals surface area contributed by atoms with Crippen LogP contribution in [0.4, 0.5) is 0 Å². The van der Waals surface area contributed by atoms with Crippen LogP contribution < -0.4 is 4.74 Å². The molecule has 1 amide bonds. The number of nitrogens with zero attached hydrogens (tertiary/aromatic N) is 3. The summed E-state index contributed by atoms with van der Waals surface area (Å²) < 4.78 is 5.47. The van der Waals surface area contributed by atoms with Gasteiger partial charge in [0.05, 0.1) is 30.4 Å². The highest BCUT2D eigenvalue weighted by Crippen LogP contribution is 2.26. The van der Waals surface area contributed by atoms with Crippen molar-refractivity contribution >= 4 is 17.2 Å². The second-order valence-electron chi connectivity index (χ2n) is 6.65. The van der Waals surface area contributed by atoms with E-state index < -0.39 is 0 Å². The minimum Gasteiger partial charge on any atom is -0.494 e. The van der Waals surface area contributed by atoms with Gasteiger partial charge < -0.3 is 9.64 Å². The van der Waals surface area contributed by atoms with Crippen LogP contribution in [0.1, 0.15) is 23.7 Å². The Labute approximate surface area is 180 Å². The minimum absolute atomic E-state index is 0.0113. The van der Waals surface area contributed by atoms with Gasteiger partial charge in [0, 0.05) is 24.0 Å². The SMILES string of the molecule is C=CCN(Cc1ccc(C#N)cc1)C(=O)Cc1csc(-c2ccc(OCC)cc2)n1. The maximum atomic E-state index is 12.9. The molecule has 1 heterocycles. The van der Waals surface area contributed by atoms with E-state index in [0.717, 1.165) is 27.6 Å². The van der Waals surface area contributed by atoms with Gasteiger partial charge in [0.25, 0.3) is 0 Å². The normalized spacial score (nSPS) is 10.3. The van der Waals surface area contributed by atoms with Crippen LogP contribution in [0.25, 0.3) is 10.6 Å². The first-order chi connectivity index (χ1) is 14.6. The summed E-state index contributed by atoms with van der Waals surface area (Å²) in [5.74, 6) is 0.818.